The van der Waals surface area contributed by atoms with Gasteiger partial charge in [0.2, 0.25) is 10.0 Å². The third-order valence-electron chi connectivity index (χ3n) is 2.52. The lowest BCUT2D eigenvalue weighted by molar-refractivity contribution is 0.579. The van der Waals surface area contributed by atoms with Crippen LogP contribution < -0.4 is 4.72 Å². The smallest absolute Gasteiger partial charge is 0.208 e. The van der Waals surface area contributed by atoms with Crippen LogP contribution in [0.3, 0.4) is 0 Å². The molecule has 0 spiro atoms. The van der Waals surface area contributed by atoms with E-state index in [0.717, 1.165) is 6.26 Å². The first-order valence-corrected chi connectivity index (χ1v) is 8.39. The third-order valence-corrected chi connectivity index (χ3v) is 4.17. The van der Waals surface area contributed by atoms with E-state index in [1.807, 2.05) is 0 Å². The predicted octanol–water partition coefficient (Wildman–Crippen LogP) is 2.15. The molecule has 0 saturated carbocycles. The summed E-state index contributed by atoms with van der Waals surface area (Å²) in [6.45, 7) is 0.582. The standard InChI is InChI=1S/C10H11BrFN3O2S2/c1-19(16,17)13-2-3-15-9-4-6(11)7(12)5-8(9)14-10(15)18/h4-5,13H,2-3H2,1H3,(H,14,18). The van der Waals surface area contributed by atoms with Crippen molar-refractivity contribution in [1.82, 2.24) is 14.3 Å². The highest BCUT2D eigenvalue weighted by atomic mass is 79.9. The Balaban J connectivity index is 2.35. The average Bonchev–Trinajstić information content (AvgIpc) is 2.55. The van der Waals surface area contributed by atoms with Gasteiger partial charge in [-0.15, -0.1) is 0 Å². The number of rotatable bonds is 4. The summed E-state index contributed by atoms with van der Waals surface area (Å²) in [7, 11) is -3.24. The van der Waals surface area contributed by atoms with Gasteiger partial charge in [0.15, 0.2) is 4.77 Å². The molecule has 19 heavy (non-hydrogen) atoms. The Morgan fingerprint density at radius 2 is 2.21 bits per heavy atom. The molecule has 0 atom stereocenters. The molecule has 1 heterocycles. The lowest BCUT2D eigenvalue weighted by Crippen LogP contribution is -2.26. The summed E-state index contributed by atoms with van der Waals surface area (Å²) in [5.41, 5.74) is 1.29. The topological polar surface area (TPSA) is 66.9 Å². The van der Waals surface area contributed by atoms with Crippen molar-refractivity contribution in [1.29, 1.82) is 0 Å². The van der Waals surface area contributed by atoms with Crippen molar-refractivity contribution in [2.24, 2.45) is 0 Å². The van der Waals surface area contributed by atoms with Gasteiger partial charge in [-0.3, -0.25) is 0 Å². The largest absolute Gasteiger partial charge is 0.330 e. The summed E-state index contributed by atoms with van der Waals surface area (Å²) in [5, 5.41) is 0. The SMILES string of the molecule is CS(=O)(=O)NCCn1c(=S)[nH]c2cc(F)c(Br)cc21. The molecule has 2 N–H and O–H groups in total. The van der Waals surface area contributed by atoms with Gasteiger partial charge in [-0.05, 0) is 34.2 Å². The molecule has 9 heteroatoms. The van der Waals surface area contributed by atoms with E-state index >= 15 is 0 Å². The molecule has 2 rings (SSSR count). The Labute approximate surface area is 123 Å². The molecule has 2 aromatic rings. The Hall–Kier alpha value is -0.770. The molecule has 0 aliphatic heterocycles. The van der Waals surface area contributed by atoms with Crippen LogP contribution in [0, 0.1) is 10.6 Å². The first-order valence-electron chi connectivity index (χ1n) is 5.30. The molecule has 0 aliphatic rings. The molecule has 0 radical (unpaired) electrons. The van der Waals surface area contributed by atoms with E-state index in [-0.39, 0.29) is 12.4 Å². The Morgan fingerprint density at radius 3 is 2.84 bits per heavy atom. The van der Waals surface area contributed by atoms with Crippen molar-refractivity contribution in [3.63, 3.8) is 0 Å². The number of aromatic amines is 1. The summed E-state index contributed by atoms with van der Waals surface area (Å²) in [4.78, 5) is 2.88. The van der Waals surface area contributed by atoms with Crippen LogP contribution in [0.1, 0.15) is 0 Å². The van der Waals surface area contributed by atoms with E-state index in [0.29, 0.717) is 26.8 Å². The highest BCUT2D eigenvalue weighted by Gasteiger charge is 2.09. The van der Waals surface area contributed by atoms with Crippen molar-refractivity contribution in [2.75, 3.05) is 12.8 Å². The molecule has 104 valence electrons. The van der Waals surface area contributed by atoms with Crippen LogP contribution in [0.15, 0.2) is 16.6 Å². The van der Waals surface area contributed by atoms with Crippen LogP contribution in [0.25, 0.3) is 11.0 Å². The van der Waals surface area contributed by atoms with Gasteiger partial charge in [-0.2, -0.15) is 0 Å². The Kier molecular flexibility index (Phi) is 4.09. The molecular weight excluding hydrogens is 357 g/mol. The lowest BCUT2D eigenvalue weighted by atomic mass is 10.3. The van der Waals surface area contributed by atoms with Crippen molar-refractivity contribution < 1.29 is 12.8 Å². The maximum Gasteiger partial charge on any atom is 0.208 e. The number of nitrogens with one attached hydrogen (secondary N) is 2. The van der Waals surface area contributed by atoms with Gasteiger partial charge in [0, 0.05) is 19.2 Å². The Bertz CT molecular complexity index is 782. The number of aromatic nitrogens is 2. The average molecular weight is 368 g/mol. The fourth-order valence-electron chi connectivity index (χ4n) is 1.72. The molecule has 0 saturated heterocycles. The molecule has 0 unspecified atom stereocenters. The van der Waals surface area contributed by atoms with Gasteiger partial charge in [0.1, 0.15) is 5.82 Å². The lowest BCUT2D eigenvalue weighted by Gasteiger charge is -2.05. The van der Waals surface area contributed by atoms with Crippen molar-refractivity contribution >= 4 is 49.2 Å². The minimum absolute atomic E-state index is 0.217. The van der Waals surface area contributed by atoms with Crippen LogP contribution in [0.5, 0.6) is 0 Å². The molecule has 5 nitrogen and oxygen atoms in total. The second-order valence-corrected chi connectivity index (χ2v) is 7.11. The number of H-pyrrole nitrogens is 1. The van der Waals surface area contributed by atoms with E-state index in [4.69, 9.17) is 12.2 Å². The fraction of sp³-hybridized carbons (Fsp3) is 0.300. The Morgan fingerprint density at radius 1 is 1.53 bits per heavy atom. The van der Waals surface area contributed by atoms with Crippen molar-refractivity contribution in [3.05, 3.63) is 27.2 Å². The molecule has 0 bridgehead atoms. The van der Waals surface area contributed by atoms with Crippen molar-refractivity contribution in [2.45, 2.75) is 6.54 Å². The van der Waals surface area contributed by atoms with Crippen LogP contribution >= 0.6 is 28.1 Å². The van der Waals surface area contributed by atoms with E-state index in [1.54, 1.807) is 10.6 Å². The number of halogens is 2. The monoisotopic (exact) mass is 367 g/mol. The molecular formula is C10H11BrFN3O2S2. The van der Waals surface area contributed by atoms with Gasteiger partial charge in [-0.1, -0.05) is 0 Å². The second-order valence-electron chi connectivity index (χ2n) is 4.03. The van der Waals surface area contributed by atoms with Crippen LogP contribution in [0.2, 0.25) is 0 Å². The molecule has 0 amide bonds. The maximum absolute atomic E-state index is 13.4. The van der Waals surface area contributed by atoms with Crippen LogP contribution in [-0.2, 0) is 16.6 Å². The van der Waals surface area contributed by atoms with E-state index in [1.165, 1.54) is 6.07 Å². The minimum Gasteiger partial charge on any atom is -0.330 e. The van der Waals surface area contributed by atoms with Gasteiger partial charge >= 0.3 is 0 Å². The third kappa shape index (κ3) is 3.41. The highest BCUT2D eigenvalue weighted by Crippen LogP contribution is 2.23. The van der Waals surface area contributed by atoms with E-state index in [2.05, 4.69) is 25.6 Å². The van der Waals surface area contributed by atoms with E-state index < -0.39 is 10.0 Å². The molecule has 1 aromatic carbocycles. The first-order chi connectivity index (χ1) is 8.78. The number of sulfonamides is 1. The minimum atomic E-state index is -3.24. The zero-order valence-electron chi connectivity index (χ0n) is 9.91. The molecule has 1 aromatic heterocycles. The van der Waals surface area contributed by atoms with E-state index in [9.17, 15) is 12.8 Å². The summed E-state index contributed by atoms with van der Waals surface area (Å²) in [6.07, 6.45) is 1.09. The predicted molar refractivity (Wildman–Crippen MR) is 77.6 cm³/mol. The van der Waals surface area contributed by atoms with Gasteiger partial charge < -0.3 is 9.55 Å². The number of hydrogen-bond acceptors (Lipinski definition) is 3. The number of benzene rings is 1. The molecule has 0 fully saturated rings. The van der Waals surface area contributed by atoms with Crippen LogP contribution in [-0.4, -0.2) is 30.8 Å². The summed E-state index contributed by atoms with van der Waals surface area (Å²) in [5.74, 6) is -0.384. The zero-order chi connectivity index (χ0) is 14.2. The normalized spacial score (nSPS) is 12.2. The van der Waals surface area contributed by atoms with Crippen molar-refractivity contribution in [3.8, 4) is 0 Å². The first kappa shape index (κ1) is 14.6. The van der Waals surface area contributed by atoms with Gasteiger partial charge in [-0.25, -0.2) is 17.5 Å². The van der Waals surface area contributed by atoms with Gasteiger partial charge in [0.25, 0.3) is 0 Å². The zero-order valence-corrected chi connectivity index (χ0v) is 13.1. The quantitative estimate of drug-likeness (QED) is 0.813. The molecule has 0 aliphatic carbocycles. The fourth-order valence-corrected chi connectivity index (χ4v) is 2.81. The maximum atomic E-state index is 13.4. The summed E-state index contributed by atoms with van der Waals surface area (Å²) in [6, 6.07) is 2.95. The van der Waals surface area contributed by atoms with Crippen LogP contribution in [0.4, 0.5) is 4.39 Å². The van der Waals surface area contributed by atoms with Gasteiger partial charge in [0.05, 0.1) is 21.8 Å². The number of fused-ring (bicyclic) bond motifs is 1. The number of imidazole rings is 1. The summed E-state index contributed by atoms with van der Waals surface area (Å²) >= 11 is 8.25. The number of nitrogens with zero attached hydrogens (tertiary/aromatic N) is 1. The highest BCUT2D eigenvalue weighted by molar-refractivity contribution is 9.10. The second kappa shape index (κ2) is 5.31. The summed E-state index contributed by atoms with van der Waals surface area (Å²) < 4.78 is 40.2. The number of hydrogen-bond donors (Lipinski definition) is 2.